The van der Waals surface area contributed by atoms with Crippen LogP contribution in [0, 0.1) is 17.7 Å². The number of urea groups is 1. The summed E-state index contributed by atoms with van der Waals surface area (Å²) in [6.45, 7) is 4.31. The summed E-state index contributed by atoms with van der Waals surface area (Å²) >= 11 is 0. The van der Waals surface area contributed by atoms with Crippen LogP contribution in [0.3, 0.4) is 0 Å². The van der Waals surface area contributed by atoms with Crippen LogP contribution in [0.25, 0.3) is 0 Å². The highest BCUT2D eigenvalue weighted by molar-refractivity contribution is 5.91. The summed E-state index contributed by atoms with van der Waals surface area (Å²) in [6.07, 6.45) is 1.00. The van der Waals surface area contributed by atoms with E-state index in [4.69, 9.17) is 15.6 Å². The summed E-state index contributed by atoms with van der Waals surface area (Å²) in [4.78, 5) is 16.4. The van der Waals surface area contributed by atoms with Gasteiger partial charge in [0.25, 0.3) is 0 Å². The maximum atomic E-state index is 12.6. The summed E-state index contributed by atoms with van der Waals surface area (Å²) < 4.78 is 6.52. The van der Waals surface area contributed by atoms with Crippen molar-refractivity contribution in [3.8, 4) is 5.75 Å². The number of amides is 2. The quantitative estimate of drug-likeness (QED) is 0.560. The second-order valence-electron chi connectivity index (χ2n) is 6.26. The molecule has 3 N–H and O–H groups in total. The number of nitrogens with one attached hydrogen (secondary N) is 3. The van der Waals surface area contributed by atoms with E-state index in [0.717, 1.165) is 11.9 Å². The zero-order valence-corrected chi connectivity index (χ0v) is 15.4. The number of benzene rings is 1. The van der Waals surface area contributed by atoms with Crippen molar-refractivity contribution in [3.63, 3.8) is 0 Å². The van der Waals surface area contributed by atoms with Crippen molar-refractivity contribution in [1.29, 1.82) is 10.8 Å². The third kappa shape index (κ3) is 4.08. The minimum absolute atomic E-state index is 0.152. The average Bonchev–Trinajstić information content (AvgIpc) is 2.68. The van der Waals surface area contributed by atoms with Crippen molar-refractivity contribution in [2.75, 3.05) is 43.5 Å². The number of methoxy groups -OCH3 is 1. The minimum Gasteiger partial charge on any atom is -0.495 e. The zero-order chi connectivity index (χ0) is 19.4. The number of anilines is 2. The Labute approximate surface area is 157 Å². The molecule has 0 unspecified atom stereocenters. The van der Waals surface area contributed by atoms with Crippen LogP contribution in [0.15, 0.2) is 30.3 Å². The fraction of sp³-hybridized carbons (Fsp3) is 0.333. The van der Waals surface area contributed by atoms with Gasteiger partial charge >= 0.3 is 6.03 Å². The van der Waals surface area contributed by atoms with Gasteiger partial charge in [0.15, 0.2) is 0 Å². The molecule has 2 heterocycles. The fourth-order valence-electron chi connectivity index (χ4n) is 2.95. The number of ether oxygens (including phenoxy) is 1. The van der Waals surface area contributed by atoms with Gasteiger partial charge in [-0.05, 0) is 36.8 Å². The Morgan fingerprint density at radius 1 is 1.22 bits per heavy atom. The summed E-state index contributed by atoms with van der Waals surface area (Å²) in [7, 11) is 1.58. The molecule has 2 amide bonds. The maximum Gasteiger partial charge on any atom is 0.322 e. The highest BCUT2D eigenvalue weighted by atomic mass is 16.5. The SMILES string of the molecule is COc1ccc(C)cc1NC(=O)N1CCN(c2ccc(=N)n(C=N)n2)CC1. The molecule has 1 aliphatic heterocycles. The van der Waals surface area contributed by atoms with Gasteiger partial charge in [0.1, 0.15) is 23.4 Å². The first-order valence-corrected chi connectivity index (χ1v) is 8.62. The second kappa shape index (κ2) is 7.90. The van der Waals surface area contributed by atoms with E-state index in [-0.39, 0.29) is 11.5 Å². The van der Waals surface area contributed by atoms with E-state index in [0.29, 0.717) is 43.4 Å². The van der Waals surface area contributed by atoms with Crippen molar-refractivity contribution in [2.24, 2.45) is 0 Å². The molecule has 0 spiro atoms. The van der Waals surface area contributed by atoms with Crippen molar-refractivity contribution < 1.29 is 9.53 Å². The molecule has 3 rings (SSSR count). The highest BCUT2D eigenvalue weighted by Gasteiger charge is 2.23. The molecular weight excluding hydrogens is 346 g/mol. The third-order valence-corrected chi connectivity index (χ3v) is 4.46. The molecule has 1 fully saturated rings. The average molecular weight is 369 g/mol. The van der Waals surface area contributed by atoms with Crippen LogP contribution >= 0.6 is 0 Å². The number of hydrogen-bond donors (Lipinski definition) is 3. The molecule has 0 bridgehead atoms. The zero-order valence-electron chi connectivity index (χ0n) is 15.4. The van der Waals surface area contributed by atoms with Gasteiger partial charge in [-0.25, -0.2) is 9.48 Å². The lowest BCUT2D eigenvalue weighted by Crippen LogP contribution is -2.50. The largest absolute Gasteiger partial charge is 0.495 e. The molecule has 9 heteroatoms. The van der Waals surface area contributed by atoms with E-state index in [2.05, 4.69) is 10.4 Å². The maximum absolute atomic E-state index is 12.6. The van der Waals surface area contributed by atoms with E-state index in [1.54, 1.807) is 24.1 Å². The topological polar surface area (TPSA) is 110 Å². The van der Waals surface area contributed by atoms with Crippen LogP contribution in [0.4, 0.5) is 16.3 Å². The molecule has 1 aliphatic rings. The van der Waals surface area contributed by atoms with Crippen molar-refractivity contribution in [1.82, 2.24) is 14.7 Å². The van der Waals surface area contributed by atoms with Crippen LogP contribution in [-0.2, 0) is 0 Å². The lowest BCUT2D eigenvalue weighted by molar-refractivity contribution is 0.208. The van der Waals surface area contributed by atoms with Crippen LogP contribution in [-0.4, -0.2) is 60.3 Å². The van der Waals surface area contributed by atoms with Gasteiger partial charge in [0.2, 0.25) is 0 Å². The lowest BCUT2D eigenvalue weighted by Gasteiger charge is -2.35. The van der Waals surface area contributed by atoms with Gasteiger partial charge in [-0.3, -0.25) is 10.8 Å². The Morgan fingerprint density at radius 2 is 1.96 bits per heavy atom. The Kier molecular flexibility index (Phi) is 5.39. The first kappa shape index (κ1) is 18.4. The Balaban J connectivity index is 1.64. The molecule has 2 aromatic rings. The van der Waals surface area contributed by atoms with Crippen LogP contribution < -0.4 is 20.4 Å². The molecular formula is C18H23N7O2. The van der Waals surface area contributed by atoms with E-state index in [9.17, 15) is 4.79 Å². The molecule has 1 aromatic heterocycles. The normalized spacial score (nSPS) is 14.0. The van der Waals surface area contributed by atoms with E-state index in [1.807, 2.05) is 30.0 Å². The van der Waals surface area contributed by atoms with Crippen molar-refractivity contribution >= 4 is 23.9 Å². The molecule has 0 atom stereocenters. The van der Waals surface area contributed by atoms with Gasteiger partial charge in [-0.2, -0.15) is 0 Å². The lowest BCUT2D eigenvalue weighted by atomic mass is 10.2. The van der Waals surface area contributed by atoms with Crippen molar-refractivity contribution in [3.05, 3.63) is 41.4 Å². The molecule has 0 saturated carbocycles. The number of aryl methyl sites for hydroxylation is 1. The molecule has 0 aliphatic carbocycles. The summed E-state index contributed by atoms with van der Waals surface area (Å²) in [5, 5.41) is 22.2. The van der Waals surface area contributed by atoms with Gasteiger partial charge in [-0.15, -0.1) is 5.10 Å². The van der Waals surface area contributed by atoms with E-state index >= 15 is 0 Å². The number of aromatic nitrogens is 2. The van der Waals surface area contributed by atoms with Gasteiger partial charge < -0.3 is 19.9 Å². The molecule has 142 valence electrons. The van der Waals surface area contributed by atoms with Crippen molar-refractivity contribution in [2.45, 2.75) is 6.92 Å². The molecule has 1 aromatic carbocycles. The third-order valence-electron chi connectivity index (χ3n) is 4.46. The fourth-order valence-corrected chi connectivity index (χ4v) is 2.95. The number of rotatable bonds is 4. The van der Waals surface area contributed by atoms with Crippen LogP contribution in [0.2, 0.25) is 0 Å². The molecule has 9 nitrogen and oxygen atoms in total. The van der Waals surface area contributed by atoms with E-state index < -0.39 is 0 Å². The predicted octanol–water partition coefficient (Wildman–Crippen LogP) is 1.49. The summed E-state index contributed by atoms with van der Waals surface area (Å²) in [5.41, 5.74) is 1.85. The highest BCUT2D eigenvalue weighted by Crippen LogP contribution is 2.25. The first-order valence-electron chi connectivity index (χ1n) is 8.62. The van der Waals surface area contributed by atoms with Crippen LogP contribution in [0.1, 0.15) is 5.56 Å². The standard InChI is InChI=1S/C18H23N7O2/c1-13-3-4-15(27-2)14(11-13)21-18(26)24-9-7-23(8-10-24)17-6-5-16(20)25(12-19)22-17/h3-6,11-12,19-20H,7-10H2,1-2H3,(H,21,26). The van der Waals surface area contributed by atoms with Gasteiger partial charge in [0, 0.05) is 26.2 Å². The Morgan fingerprint density at radius 3 is 2.63 bits per heavy atom. The monoisotopic (exact) mass is 369 g/mol. The number of piperazine rings is 1. The van der Waals surface area contributed by atoms with Gasteiger partial charge in [0.05, 0.1) is 12.8 Å². The van der Waals surface area contributed by atoms with Gasteiger partial charge in [-0.1, -0.05) is 6.07 Å². The number of nitrogens with zero attached hydrogens (tertiary/aromatic N) is 4. The van der Waals surface area contributed by atoms with E-state index in [1.165, 1.54) is 4.68 Å². The van der Waals surface area contributed by atoms with Crippen LogP contribution in [0.5, 0.6) is 5.75 Å². The first-order chi connectivity index (χ1) is 13.0. The smallest absolute Gasteiger partial charge is 0.322 e. The predicted molar refractivity (Wildman–Crippen MR) is 103 cm³/mol. The summed E-state index contributed by atoms with van der Waals surface area (Å²) in [5.74, 6) is 1.32. The second-order valence-corrected chi connectivity index (χ2v) is 6.26. The Bertz CT molecular complexity index is 901. The molecule has 27 heavy (non-hydrogen) atoms. The molecule has 0 radical (unpaired) electrons. The Hall–Kier alpha value is -3.36. The minimum atomic E-state index is -0.164. The molecule has 1 saturated heterocycles. The number of hydrogen-bond acceptors (Lipinski definition) is 6. The number of carbonyl (C=O) groups excluding carboxylic acids is 1. The number of carbonyl (C=O) groups is 1. The summed E-state index contributed by atoms with van der Waals surface area (Å²) in [6, 6.07) is 8.86.